The predicted octanol–water partition coefficient (Wildman–Crippen LogP) is 2.39. The molecule has 3 rings (SSSR count). The summed E-state index contributed by atoms with van der Waals surface area (Å²) >= 11 is 1.08. The number of nitrogens with zero attached hydrogens (tertiary/aromatic N) is 3. The fraction of sp³-hybridized carbons (Fsp3) is 0.154. The van der Waals surface area contributed by atoms with Crippen LogP contribution in [0.3, 0.4) is 0 Å². The zero-order chi connectivity index (χ0) is 14.8. The summed E-state index contributed by atoms with van der Waals surface area (Å²) in [5, 5.41) is 13.1. The average Bonchev–Trinajstić information content (AvgIpc) is 3.05. The molecule has 6 nitrogen and oxygen atoms in total. The predicted molar refractivity (Wildman–Crippen MR) is 73.7 cm³/mol. The number of aliphatic carboxylic acids is 1. The second kappa shape index (κ2) is 5.57. The van der Waals surface area contributed by atoms with Crippen molar-refractivity contribution in [2.45, 2.75) is 11.7 Å². The van der Waals surface area contributed by atoms with Gasteiger partial charge in [0, 0.05) is 12.1 Å². The van der Waals surface area contributed by atoms with Gasteiger partial charge >= 0.3 is 5.97 Å². The van der Waals surface area contributed by atoms with E-state index in [0.717, 1.165) is 11.8 Å². The van der Waals surface area contributed by atoms with Gasteiger partial charge in [-0.05, 0) is 12.1 Å². The molecule has 0 unspecified atom stereocenters. The Kier molecular flexibility index (Phi) is 3.61. The number of aromatic nitrogens is 3. The van der Waals surface area contributed by atoms with Crippen LogP contribution in [0.5, 0.6) is 0 Å². The number of thioether (sulfide) groups is 1. The van der Waals surface area contributed by atoms with Gasteiger partial charge in [-0.2, -0.15) is 0 Å². The third-order valence-electron chi connectivity index (χ3n) is 2.81. The van der Waals surface area contributed by atoms with Crippen LogP contribution < -0.4 is 0 Å². The van der Waals surface area contributed by atoms with E-state index < -0.39 is 5.97 Å². The van der Waals surface area contributed by atoms with E-state index in [2.05, 4.69) is 10.1 Å². The van der Waals surface area contributed by atoms with Gasteiger partial charge < -0.3 is 14.2 Å². The summed E-state index contributed by atoms with van der Waals surface area (Å²) in [7, 11) is 0. The lowest BCUT2D eigenvalue weighted by Crippen LogP contribution is -2.04. The van der Waals surface area contributed by atoms with Gasteiger partial charge in [-0.1, -0.05) is 16.9 Å². The Labute approximate surface area is 122 Å². The molecule has 2 heterocycles. The Balaban J connectivity index is 2.03. The van der Waals surface area contributed by atoms with E-state index in [-0.39, 0.29) is 11.6 Å². The number of hydrogen-bond donors (Lipinski definition) is 1. The zero-order valence-corrected chi connectivity index (χ0v) is 11.5. The molecule has 0 saturated heterocycles. The molecular formula is C13H10FN3O3S. The van der Waals surface area contributed by atoms with E-state index in [1.54, 1.807) is 16.7 Å². The van der Waals surface area contributed by atoms with Crippen molar-refractivity contribution < 1.29 is 18.8 Å². The number of carboxylic acids is 1. The topological polar surface area (TPSA) is 81.1 Å². The highest BCUT2D eigenvalue weighted by molar-refractivity contribution is 7.99. The van der Waals surface area contributed by atoms with E-state index in [9.17, 15) is 9.18 Å². The maximum absolute atomic E-state index is 13.3. The lowest BCUT2D eigenvalue weighted by atomic mass is 10.3. The minimum atomic E-state index is -0.939. The first kappa shape index (κ1) is 13.6. The molecule has 108 valence electrons. The molecule has 1 N–H and O–H groups in total. The largest absolute Gasteiger partial charge is 0.481 e. The third-order valence-corrected chi connectivity index (χ3v) is 3.77. The van der Waals surface area contributed by atoms with Crippen molar-refractivity contribution in [2.75, 3.05) is 5.75 Å². The molecular weight excluding hydrogens is 297 g/mol. The summed E-state index contributed by atoms with van der Waals surface area (Å²) in [6.07, 6.45) is 1.46. The molecule has 0 aliphatic carbocycles. The highest BCUT2D eigenvalue weighted by Gasteiger charge is 2.14. The second-order valence-electron chi connectivity index (χ2n) is 4.29. The molecule has 2 aromatic heterocycles. The minimum Gasteiger partial charge on any atom is -0.481 e. The molecule has 0 aliphatic heterocycles. The van der Waals surface area contributed by atoms with Crippen molar-refractivity contribution in [1.29, 1.82) is 0 Å². The van der Waals surface area contributed by atoms with Crippen molar-refractivity contribution in [3.8, 4) is 0 Å². The van der Waals surface area contributed by atoms with Crippen LogP contribution in [-0.4, -0.2) is 31.5 Å². The molecule has 0 atom stereocenters. The van der Waals surface area contributed by atoms with Crippen molar-refractivity contribution in [2.24, 2.45) is 0 Å². The fourth-order valence-corrected chi connectivity index (χ4v) is 2.69. The van der Waals surface area contributed by atoms with Gasteiger partial charge in [0.15, 0.2) is 5.16 Å². The molecule has 0 spiro atoms. The summed E-state index contributed by atoms with van der Waals surface area (Å²) < 4.78 is 19.9. The molecule has 0 aliphatic rings. The summed E-state index contributed by atoms with van der Waals surface area (Å²) in [6.45, 7) is 0.376. The summed E-state index contributed by atoms with van der Waals surface area (Å²) in [5.74, 6) is -1.44. The van der Waals surface area contributed by atoms with E-state index in [1.165, 1.54) is 18.4 Å². The number of halogens is 1. The van der Waals surface area contributed by atoms with Gasteiger partial charge in [0.25, 0.3) is 0 Å². The summed E-state index contributed by atoms with van der Waals surface area (Å²) in [6, 6.07) is 5.98. The Morgan fingerprint density at radius 2 is 2.29 bits per heavy atom. The van der Waals surface area contributed by atoms with Gasteiger partial charge in [0.1, 0.15) is 17.8 Å². The van der Waals surface area contributed by atoms with E-state index >= 15 is 0 Å². The molecule has 0 fully saturated rings. The van der Waals surface area contributed by atoms with Gasteiger partial charge in [0.2, 0.25) is 0 Å². The van der Waals surface area contributed by atoms with Crippen LogP contribution in [0.25, 0.3) is 11.0 Å². The normalized spacial score (nSPS) is 11.1. The first-order chi connectivity index (χ1) is 10.1. The molecule has 21 heavy (non-hydrogen) atoms. The van der Waals surface area contributed by atoms with E-state index in [0.29, 0.717) is 28.4 Å². The third kappa shape index (κ3) is 2.89. The smallest absolute Gasteiger partial charge is 0.313 e. The van der Waals surface area contributed by atoms with Crippen molar-refractivity contribution in [1.82, 2.24) is 14.7 Å². The number of carboxylic acid groups (broad SMARTS) is 1. The Morgan fingerprint density at radius 1 is 1.43 bits per heavy atom. The first-order valence-corrected chi connectivity index (χ1v) is 7.01. The number of fused-ring (bicyclic) bond motifs is 1. The Hall–Kier alpha value is -2.35. The lowest BCUT2D eigenvalue weighted by Gasteiger charge is -2.05. The maximum Gasteiger partial charge on any atom is 0.313 e. The highest BCUT2D eigenvalue weighted by Crippen LogP contribution is 2.25. The first-order valence-electron chi connectivity index (χ1n) is 6.03. The van der Waals surface area contributed by atoms with Crippen LogP contribution in [0.4, 0.5) is 4.39 Å². The van der Waals surface area contributed by atoms with Crippen LogP contribution in [0.15, 0.2) is 40.2 Å². The quantitative estimate of drug-likeness (QED) is 0.729. The van der Waals surface area contributed by atoms with Crippen LogP contribution >= 0.6 is 11.8 Å². The van der Waals surface area contributed by atoms with Crippen LogP contribution in [0.2, 0.25) is 0 Å². The molecule has 0 radical (unpaired) electrons. The van der Waals surface area contributed by atoms with Gasteiger partial charge in [-0.3, -0.25) is 4.79 Å². The number of carbonyl (C=O) groups is 1. The number of imidazole rings is 1. The van der Waals surface area contributed by atoms with E-state index in [4.69, 9.17) is 9.63 Å². The fourth-order valence-electron chi connectivity index (χ4n) is 1.95. The maximum atomic E-state index is 13.3. The second-order valence-corrected chi connectivity index (χ2v) is 5.23. The van der Waals surface area contributed by atoms with Gasteiger partial charge in [-0.25, -0.2) is 9.37 Å². The number of hydrogen-bond acceptors (Lipinski definition) is 5. The standard InChI is InChI=1S/C13H10FN3O3S/c14-8-1-2-11-10(5-8)15-13(21-7-12(18)19)17(11)6-9-3-4-20-16-9/h1-5H,6-7H2,(H,18,19). The SMILES string of the molecule is O=C(O)CSc1nc2cc(F)ccc2n1Cc1ccon1. The lowest BCUT2D eigenvalue weighted by molar-refractivity contribution is -0.133. The number of rotatable bonds is 5. The van der Waals surface area contributed by atoms with E-state index in [1.807, 2.05) is 0 Å². The Bertz CT molecular complexity index is 785. The molecule has 8 heteroatoms. The summed E-state index contributed by atoms with van der Waals surface area (Å²) in [4.78, 5) is 15.0. The minimum absolute atomic E-state index is 0.120. The number of benzene rings is 1. The monoisotopic (exact) mass is 307 g/mol. The van der Waals surface area contributed by atoms with Crippen LogP contribution in [0.1, 0.15) is 5.69 Å². The van der Waals surface area contributed by atoms with Crippen LogP contribution in [0, 0.1) is 5.82 Å². The Morgan fingerprint density at radius 3 is 3.00 bits per heavy atom. The zero-order valence-electron chi connectivity index (χ0n) is 10.7. The van der Waals surface area contributed by atoms with Gasteiger partial charge in [-0.15, -0.1) is 0 Å². The van der Waals surface area contributed by atoms with Crippen molar-refractivity contribution in [3.05, 3.63) is 42.0 Å². The van der Waals surface area contributed by atoms with Gasteiger partial charge in [0.05, 0.1) is 23.3 Å². The summed E-state index contributed by atoms with van der Waals surface area (Å²) in [5.41, 5.74) is 1.87. The van der Waals surface area contributed by atoms with Crippen LogP contribution in [-0.2, 0) is 11.3 Å². The van der Waals surface area contributed by atoms with Crippen molar-refractivity contribution in [3.63, 3.8) is 0 Å². The molecule has 1 aromatic carbocycles. The molecule has 3 aromatic rings. The highest BCUT2D eigenvalue weighted by atomic mass is 32.2. The molecule has 0 bridgehead atoms. The van der Waals surface area contributed by atoms with Crippen molar-refractivity contribution >= 4 is 28.8 Å². The average molecular weight is 307 g/mol. The molecule has 0 amide bonds. The molecule has 0 saturated carbocycles.